The first-order valence-corrected chi connectivity index (χ1v) is 9.04. The molecule has 3 N–H and O–H groups in total. The van der Waals surface area contributed by atoms with E-state index in [0.29, 0.717) is 17.3 Å². The number of benzene rings is 1. The first kappa shape index (κ1) is 16.1. The normalized spacial score (nSPS) is 17.2. The van der Waals surface area contributed by atoms with Crippen LogP contribution in [0.4, 0.5) is 0 Å². The quantitative estimate of drug-likeness (QED) is 0.860. The molecule has 3 rings (SSSR count). The summed E-state index contributed by atoms with van der Waals surface area (Å²) in [7, 11) is -3.51. The van der Waals surface area contributed by atoms with E-state index in [1.165, 1.54) is 12.1 Å². The van der Waals surface area contributed by atoms with Crippen LogP contribution in [0.15, 0.2) is 33.7 Å². The van der Waals surface area contributed by atoms with Gasteiger partial charge in [0.05, 0.1) is 10.4 Å². The molecule has 1 aliphatic carbocycles. The number of nitrogens with zero attached hydrogens (tertiary/aromatic N) is 2. The molecule has 0 aliphatic heterocycles. The number of nitrogens with two attached hydrogens (primary N) is 1. The van der Waals surface area contributed by atoms with Crippen LogP contribution in [0.3, 0.4) is 0 Å². The van der Waals surface area contributed by atoms with Crippen LogP contribution in [0.5, 0.6) is 0 Å². The average Bonchev–Trinajstić information content (AvgIpc) is 2.93. The SMILES string of the molecule is CC(C)NS(=O)(=O)c1ccc(-c2nc(C3(N)CCC3)no2)cc1. The van der Waals surface area contributed by atoms with Crippen molar-refractivity contribution in [3.05, 3.63) is 30.1 Å². The predicted molar refractivity (Wildman–Crippen MR) is 84.9 cm³/mol. The maximum atomic E-state index is 12.1. The molecule has 1 aromatic heterocycles. The summed E-state index contributed by atoms with van der Waals surface area (Å²) in [6.45, 7) is 3.55. The first-order chi connectivity index (χ1) is 10.8. The van der Waals surface area contributed by atoms with Gasteiger partial charge in [-0.25, -0.2) is 13.1 Å². The number of aromatic nitrogens is 2. The molecule has 23 heavy (non-hydrogen) atoms. The van der Waals surface area contributed by atoms with E-state index in [1.807, 2.05) is 0 Å². The number of rotatable bonds is 5. The van der Waals surface area contributed by atoms with Gasteiger partial charge in [0, 0.05) is 11.6 Å². The van der Waals surface area contributed by atoms with Gasteiger partial charge < -0.3 is 10.3 Å². The lowest BCUT2D eigenvalue weighted by atomic mass is 9.77. The third kappa shape index (κ3) is 3.15. The summed E-state index contributed by atoms with van der Waals surface area (Å²) in [4.78, 5) is 4.54. The molecule has 0 saturated heterocycles. The van der Waals surface area contributed by atoms with Crippen LogP contribution in [0.1, 0.15) is 38.9 Å². The molecule has 8 heteroatoms. The van der Waals surface area contributed by atoms with Crippen LogP contribution < -0.4 is 10.5 Å². The van der Waals surface area contributed by atoms with E-state index in [9.17, 15) is 8.42 Å². The Labute approximate surface area is 135 Å². The average molecular weight is 336 g/mol. The third-order valence-electron chi connectivity index (χ3n) is 3.92. The summed E-state index contributed by atoms with van der Waals surface area (Å²) in [5.74, 6) is 0.856. The molecular formula is C15H20N4O3S. The van der Waals surface area contributed by atoms with Gasteiger partial charge in [-0.05, 0) is 57.4 Å². The van der Waals surface area contributed by atoms with Gasteiger partial charge in [0.25, 0.3) is 5.89 Å². The van der Waals surface area contributed by atoms with Crippen molar-refractivity contribution in [3.63, 3.8) is 0 Å². The van der Waals surface area contributed by atoms with Crippen molar-refractivity contribution < 1.29 is 12.9 Å². The van der Waals surface area contributed by atoms with Crippen molar-refractivity contribution >= 4 is 10.0 Å². The van der Waals surface area contributed by atoms with Crippen LogP contribution in [0.25, 0.3) is 11.5 Å². The molecule has 1 heterocycles. The van der Waals surface area contributed by atoms with Gasteiger partial charge in [0.15, 0.2) is 5.82 Å². The Morgan fingerprint density at radius 1 is 1.26 bits per heavy atom. The standard InChI is InChI=1S/C15H20N4O3S/c1-10(2)19-23(20,21)12-6-4-11(5-7-12)13-17-14(18-22-13)15(16)8-3-9-15/h4-7,10,19H,3,8-9,16H2,1-2H3. The Morgan fingerprint density at radius 2 is 1.91 bits per heavy atom. The van der Waals surface area contributed by atoms with Crippen molar-refractivity contribution in [2.75, 3.05) is 0 Å². The monoisotopic (exact) mass is 336 g/mol. The largest absolute Gasteiger partial charge is 0.334 e. The fourth-order valence-corrected chi connectivity index (χ4v) is 3.73. The van der Waals surface area contributed by atoms with E-state index in [0.717, 1.165) is 19.3 Å². The number of nitrogens with one attached hydrogen (secondary N) is 1. The van der Waals surface area contributed by atoms with Gasteiger partial charge in [0.2, 0.25) is 10.0 Å². The molecule has 0 amide bonds. The molecule has 0 bridgehead atoms. The van der Waals surface area contributed by atoms with Crippen molar-refractivity contribution in [1.29, 1.82) is 0 Å². The van der Waals surface area contributed by atoms with Gasteiger partial charge in [-0.15, -0.1) is 0 Å². The molecule has 0 atom stereocenters. The van der Waals surface area contributed by atoms with E-state index in [2.05, 4.69) is 14.9 Å². The number of hydrogen-bond acceptors (Lipinski definition) is 6. The summed E-state index contributed by atoms with van der Waals surface area (Å²) in [5.41, 5.74) is 6.35. The lowest BCUT2D eigenvalue weighted by Crippen LogP contribution is -2.44. The molecule has 1 aliphatic rings. The highest BCUT2D eigenvalue weighted by Crippen LogP contribution is 2.37. The summed E-state index contributed by atoms with van der Waals surface area (Å²) in [6.07, 6.45) is 2.77. The molecular weight excluding hydrogens is 316 g/mol. The molecule has 1 saturated carbocycles. The van der Waals surface area contributed by atoms with Gasteiger partial charge in [-0.3, -0.25) is 0 Å². The van der Waals surface area contributed by atoms with Crippen LogP contribution in [-0.2, 0) is 15.6 Å². The van der Waals surface area contributed by atoms with Crippen molar-refractivity contribution in [2.24, 2.45) is 5.73 Å². The highest BCUT2D eigenvalue weighted by Gasteiger charge is 2.39. The summed E-state index contributed by atoms with van der Waals surface area (Å²) in [5, 5.41) is 3.96. The minimum atomic E-state index is -3.51. The Morgan fingerprint density at radius 3 is 2.43 bits per heavy atom. The zero-order valence-corrected chi connectivity index (χ0v) is 13.9. The van der Waals surface area contributed by atoms with E-state index in [4.69, 9.17) is 10.3 Å². The second kappa shape index (κ2) is 5.70. The maximum absolute atomic E-state index is 12.1. The summed E-state index contributed by atoms with van der Waals surface area (Å²) < 4.78 is 32.0. The Balaban J connectivity index is 1.83. The zero-order chi connectivity index (χ0) is 16.7. The Bertz CT molecular complexity index is 792. The first-order valence-electron chi connectivity index (χ1n) is 7.56. The highest BCUT2D eigenvalue weighted by molar-refractivity contribution is 7.89. The zero-order valence-electron chi connectivity index (χ0n) is 13.1. The van der Waals surface area contributed by atoms with Crippen molar-refractivity contribution in [3.8, 4) is 11.5 Å². The van der Waals surface area contributed by atoms with E-state index < -0.39 is 15.6 Å². The minimum absolute atomic E-state index is 0.165. The lowest BCUT2D eigenvalue weighted by Gasteiger charge is -2.34. The minimum Gasteiger partial charge on any atom is -0.334 e. The third-order valence-corrected chi connectivity index (χ3v) is 5.59. The topological polar surface area (TPSA) is 111 Å². The molecule has 0 radical (unpaired) electrons. The number of hydrogen-bond donors (Lipinski definition) is 2. The fourth-order valence-electron chi connectivity index (χ4n) is 2.48. The van der Waals surface area contributed by atoms with Gasteiger partial charge in [0.1, 0.15) is 0 Å². The van der Waals surface area contributed by atoms with Crippen molar-refractivity contribution in [1.82, 2.24) is 14.9 Å². The summed E-state index contributed by atoms with van der Waals surface area (Å²) >= 11 is 0. The molecule has 0 spiro atoms. The van der Waals surface area contributed by atoms with E-state index >= 15 is 0 Å². The predicted octanol–water partition coefficient (Wildman–Crippen LogP) is 1.76. The molecule has 124 valence electrons. The molecule has 0 unspecified atom stereocenters. The Kier molecular flexibility index (Phi) is 3.99. The van der Waals surface area contributed by atoms with Gasteiger partial charge in [-0.2, -0.15) is 4.98 Å². The van der Waals surface area contributed by atoms with Crippen LogP contribution >= 0.6 is 0 Å². The smallest absolute Gasteiger partial charge is 0.257 e. The lowest BCUT2D eigenvalue weighted by molar-refractivity contribution is 0.229. The van der Waals surface area contributed by atoms with Crippen LogP contribution in [0.2, 0.25) is 0 Å². The second-order valence-corrected chi connectivity index (χ2v) is 7.95. The second-order valence-electron chi connectivity index (χ2n) is 6.23. The van der Waals surface area contributed by atoms with Crippen molar-refractivity contribution in [2.45, 2.75) is 49.6 Å². The Hall–Kier alpha value is -1.77. The molecule has 2 aromatic rings. The molecule has 1 aromatic carbocycles. The van der Waals surface area contributed by atoms with Crippen LogP contribution in [0, 0.1) is 0 Å². The van der Waals surface area contributed by atoms with Gasteiger partial charge in [-0.1, -0.05) is 5.16 Å². The summed E-state index contributed by atoms with van der Waals surface area (Å²) in [6, 6.07) is 6.17. The van der Waals surface area contributed by atoms with Crippen LogP contribution in [-0.4, -0.2) is 24.6 Å². The number of sulfonamides is 1. The van der Waals surface area contributed by atoms with E-state index in [-0.39, 0.29) is 10.9 Å². The maximum Gasteiger partial charge on any atom is 0.257 e. The van der Waals surface area contributed by atoms with Gasteiger partial charge >= 0.3 is 0 Å². The highest BCUT2D eigenvalue weighted by atomic mass is 32.2. The molecule has 1 fully saturated rings. The fraction of sp³-hybridized carbons (Fsp3) is 0.467. The molecule has 7 nitrogen and oxygen atoms in total. The van der Waals surface area contributed by atoms with E-state index in [1.54, 1.807) is 26.0 Å².